The monoisotopic (exact) mass is 364 g/mol. The van der Waals surface area contributed by atoms with Crippen molar-refractivity contribution in [3.8, 4) is 17.1 Å². The minimum Gasteiger partial charge on any atom is -0.406 e. The Labute approximate surface area is 145 Å². The summed E-state index contributed by atoms with van der Waals surface area (Å²) in [7, 11) is 0. The first kappa shape index (κ1) is 17.7. The number of ether oxygens (including phenoxy) is 1. The van der Waals surface area contributed by atoms with E-state index in [0.29, 0.717) is 11.1 Å². The van der Waals surface area contributed by atoms with Crippen LogP contribution in [-0.4, -0.2) is 16.5 Å². The second kappa shape index (κ2) is 6.99. The summed E-state index contributed by atoms with van der Waals surface area (Å²) in [5, 5.41) is 3.65. The first-order chi connectivity index (χ1) is 12.3. The Bertz CT molecular complexity index is 931. The molecule has 0 aliphatic rings. The van der Waals surface area contributed by atoms with Crippen LogP contribution in [0, 0.1) is 6.92 Å². The van der Waals surface area contributed by atoms with Crippen molar-refractivity contribution in [2.75, 3.05) is 0 Å². The summed E-state index contributed by atoms with van der Waals surface area (Å²) in [4.78, 5) is 3.93. The van der Waals surface area contributed by atoms with Gasteiger partial charge in [0.25, 0.3) is 5.89 Å². The van der Waals surface area contributed by atoms with Crippen LogP contribution in [0.25, 0.3) is 23.3 Å². The first-order valence-corrected chi connectivity index (χ1v) is 7.45. The zero-order valence-corrected chi connectivity index (χ0v) is 13.4. The lowest BCUT2D eigenvalue weighted by Gasteiger charge is -2.08. The van der Waals surface area contributed by atoms with Crippen molar-refractivity contribution >= 4 is 11.9 Å². The molecule has 134 valence electrons. The third kappa shape index (κ3) is 4.27. The number of rotatable bonds is 4. The van der Waals surface area contributed by atoms with E-state index >= 15 is 0 Å². The van der Waals surface area contributed by atoms with Crippen LogP contribution in [0.2, 0.25) is 0 Å². The second-order valence-electron chi connectivity index (χ2n) is 5.34. The Morgan fingerprint density at radius 3 is 2.42 bits per heavy atom. The highest BCUT2D eigenvalue weighted by molar-refractivity contribution is 5.74. The molecule has 3 aromatic rings. The highest BCUT2D eigenvalue weighted by atomic mass is 19.4. The Kier molecular flexibility index (Phi) is 4.75. The lowest BCUT2D eigenvalue weighted by molar-refractivity contribution is -0.274. The van der Waals surface area contributed by atoms with Crippen LogP contribution in [0.3, 0.4) is 0 Å². The maximum absolute atomic E-state index is 14.3. The number of nitrogens with zero attached hydrogens (tertiary/aromatic N) is 2. The van der Waals surface area contributed by atoms with Crippen LogP contribution in [-0.2, 0) is 0 Å². The summed E-state index contributed by atoms with van der Waals surface area (Å²) in [5.74, 6) is -1.36. The van der Waals surface area contributed by atoms with Crippen LogP contribution in [0.1, 0.15) is 17.0 Å². The summed E-state index contributed by atoms with van der Waals surface area (Å²) in [6.07, 6.45) is -3.50. The molecule has 0 saturated carbocycles. The smallest absolute Gasteiger partial charge is 0.406 e. The summed E-state index contributed by atoms with van der Waals surface area (Å²) in [6, 6.07) is 12.0. The van der Waals surface area contributed by atoms with Gasteiger partial charge in [0.2, 0.25) is 5.82 Å². The minimum atomic E-state index is -4.77. The third-order valence-electron chi connectivity index (χ3n) is 3.45. The lowest BCUT2D eigenvalue weighted by atomic mass is 10.1. The van der Waals surface area contributed by atoms with Crippen LogP contribution in [0.4, 0.5) is 17.6 Å². The molecule has 26 heavy (non-hydrogen) atoms. The summed E-state index contributed by atoms with van der Waals surface area (Å²) >= 11 is 0. The summed E-state index contributed by atoms with van der Waals surface area (Å²) in [5.41, 5.74) is 1.90. The van der Waals surface area contributed by atoms with Crippen molar-refractivity contribution in [3.05, 3.63) is 65.5 Å². The fourth-order valence-corrected chi connectivity index (χ4v) is 2.19. The highest BCUT2D eigenvalue weighted by Gasteiger charge is 2.31. The van der Waals surface area contributed by atoms with Gasteiger partial charge in [0.05, 0.1) is 0 Å². The Morgan fingerprint density at radius 2 is 1.77 bits per heavy atom. The number of alkyl halides is 3. The standard InChI is InChI=1S/C18H12F4N2O2/c1-11-4-2-3-5-13(11)10-15(19)17-23-16(24-26-17)12-6-8-14(9-7-12)25-18(20,21)22/h2-10H,1H3. The van der Waals surface area contributed by atoms with Crippen molar-refractivity contribution in [2.45, 2.75) is 13.3 Å². The molecule has 0 radical (unpaired) electrons. The van der Waals surface area contributed by atoms with Crippen molar-refractivity contribution in [1.82, 2.24) is 10.1 Å². The van der Waals surface area contributed by atoms with Crippen LogP contribution in [0.15, 0.2) is 53.1 Å². The van der Waals surface area contributed by atoms with E-state index in [0.717, 1.165) is 17.7 Å². The van der Waals surface area contributed by atoms with Gasteiger partial charge in [-0.15, -0.1) is 13.2 Å². The molecule has 2 aromatic carbocycles. The van der Waals surface area contributed by atoms with Crippen molar-refractivity contribution in [3.63, 3.8) is 0 Å². The highest BCUT2D eigenvalue weighted by Crippen LogP contribution is 2.27. The zero-order valence-electron chi connectivity index (χ0n) is 13.4. The number of hydrogen-bond donors (Lipinski definition) is 0. The molecule has 0 saturated heterocycles. The third-order valence-corrected chi connectivity index (χ3v) is 3.45. The number of hydrogen-bond acceptors (Lipinski definition) is 4. The summed E-state index contributed by atoms with van der Waals surface area (Å²) in [6.45, 7) is 1.84. The molecular formula is C18H12F4N2O2. The summed E-state index contributed by atoms with van der Waals surface area (Å²) < 4.78 is 59.4. The molecule has 1 aromatic heterocycles. The van der Waals surface area contributed by atoms with Gasteiger partial charge in [-0.3, -0.25) is 0 Å². The van der Waals surface area contributed by atoms with Crippen LogP contribution >= 0.6 is 0 Å². The molecule has 0 N–H and O–H groups in total. The Balaban J connectivity index is 1.80. The predicted molar refractivity (Wildman–Crippen MR) is 86.6 cm³/mol. The van der Waals surface area contributed by atoms with Gasteiger partial charge in [0.15, 0.2) is 5.83 Å². The number of halogens is 4. The average molecular weight is 364 g/mol. The van der Waals surface area contributed by atoms with Gasteiger partial charge in [0, 0.05) is 5.56 Å². The van der Waals surface area contributed by atoms with Crippen molar-refractivity contribution in [2.24, 2.45) is 0 Å². The molecule has 0 spiro atoms. The number of aromatic nitrogens is 2. The Morgan fingerprint density at radius 1 is 1.08 bits per heavy atom. The van der Waals surface area contributed by atoms with Gasteiger partial charge < -0.3 is 9.26 Å². The SMILES string of the molecule is Cc1ccccc1C=C(F)c1nc(-c2ccc(OC(F)(F)F)cc2)no1. The van der Waals surface area contributed by atoms with Gasteiger partial charge in [-0.25, -0.2) is 4.39 Å². The predicted octanol–water partition coefficient (Wildman–Crippen LogP) is 5.41. The number of benzene rings is 2. The maximum Gasteiger partial charge on any atom is 0.573 e. The van der Waals surface area contributed by atoms with E-state index in [1.165, 1.54) is 18.2 Å². The molecular weight excluding hydrogens is 352 g/mol. The minimum absolute atomic E-state index is 0.0480. The lowest BCUT2D eigenvalue weighted by Crippen LogP contribution is -2.16. The second-order valence-corrected chi connectivity index (χ2v) is 5.34. The fraction of sp³-hybridized carbons (Fsp3) is 0.111. The van der Waals surface area contributed by atoms with Gasteiger partial charge >= 0.3 is 6.36 Å². The molecule has 0 aliphatic heterocycles. The van der Waals surface area contributed by atoms with E-state index < -0.39 is 12.2 Å². The van der Waals surface area contributed by atoms with Gasteiger partial charge in [-0.2, -0.15) is 4.98 Å². The van der Waals surface area contributed by atoms with Crippen molar-refractivity contribution in [1.29, 1.82) is 0 Å². The largest absolute Gasteiger partial charge is 0.573 e. The first-order valence-electron chi connectivity index (χ1n) is 7.45. The molecule has 0 amide bonds. The molecule has 0 atom stereocenters. The van der Waals surface area contributed by atoms with E-state index in [9.17, 15) is 17.6 Å². The zero-order chi connectivity index (χ0) is 18.7. The molecule has 1 heterocycles. The molecule has 4 nitrogen and oxygen atoms in total. The maximum atomic E-state index is 14.3. The van der Waals surface area contributed by atoms with E-state index in [-0.39, 0.29) is 17.5 Å². The van der Waals surface area contributed by atoms with E-state index in [2.05, 4.69) is 14.9 Å². The van der Waals surface area contributed by atoms with Gasteiger partial charge in [-0.05, 0) is 48.4 Å². The molecule has 0 aliphatic carbocycles. The molecule has 3 rings (SSSR count). The van der Waals surface area contributed by atoms with Gasteiger partial charge in [0.1, 0.15) is 5.75 Å². The molecule has 8 heteroatoms. The topological polar surface area (TPSA) is 48.2 Å². The van der Waals surface area contributed by atoms with Gasteiger partial charge in [-0.1, -0.05) is 29.4 Å². The molecule has 0 bridgehead atoms. The van der Waals surface area contributed by atoms with Crippen LogP contribution < -0.4 is 4.74 Å². The quantitative estimate of drug-likeness (QED) is 0.581. The molecule has 0 fully saturated rings. The van der Waals surface area contributed by atoms with Crippen molar-refractivity contribution < 1.29 is 26.8 Å². The van der Waals surface area contributed by atoms with Crippen LogP contribution in [0.5, 0.6) is 5.75 Å². The van der Waals surface area contributed by atoms with E-state index in [4.69, 9.17) is 4.52 Å². The average Bonchev–Trinajstić information content (AvgIpc) is 3.06. The fourth-order valence-electron chi connectivity index (χ4n) is 2.19. The number of aryl methyl sites for hydroxylation is 1. The Hall–Kier alpha value is -3.16. The van der Waals surface area contributed by atoms with E-state index in [1.807, 2.05) is 19.1 Å². The normalized spacial score (nSPS) is 12.3. The van der Waals surface area contributed by atoms with E-state index in [1.54, 1.807) is 12.1 Å². The molecule has 0 unspecified atom stereocenters.